The van der Waals surface area contributed by atoms with Crippen LogP contribution in [0.1, 0.15) is 24.3 Å². The molecule has 164 valence electrons. The lowest BCUT2D eigenvalue weighted by atomic mass is 9.64. The highest BCUT2D eigenvalue weighted by atomic mass is 32.1. The molecule has 3 aromatic rings. The number of Topliss-reactive ketones (excluding diaryl/α,β-unsaturated/α-hetero) is 1. The summed E-state index contributed by atoms with van der Waals surface area (Å²) in [6, 6.07) is 15.8. The zero-order valence-electron chi connectivity index (χ0n) is 17.7. The molecule has 7 nitrogen and oxygen atoms in total. The lowest BCUT2D eigenvalue weighted by Crippen LogP contribution is -2.57. The quantitative estimate of drug-likeness (QED) is 0.641. The first-order valence-corrected chi connectivity index (χ1v) is 11.8. The van der Waals surface area contributed by atoms with Crippen LogP contribution in [0.5, 0.6) is 5.75 Å². The number of thiazole rings is 1. The van der Waals surface area contributed by atoms with E-state index >= 15 is 0 Å². The number of hydrogen-bond acceptors (Lipinski definition) is 7. The number of methoxy groups -OCH3 is 1. The van der Waals surface area contributed by atoms with E-state index in [0.29, 0.717) is 18.1 Å². The van der Waals surface area contributed by atoms with E-state index < -0.39 is 0 Å². The zero-order chi connectivity index (χ0) is 21.8. The van der Waals surface area contributed by atoms with E-state index in [9.17, 15) is 9.59 Å². The van der Waals surface area contributed by atoms with Gasteiger partial charge in [0, 0.05) is 18.9 Å². The third kappa shape index (κ3) is 3.05. The van der Waals surface area contributed by atoms with E-state index in [1.807, 2.05) is 48.5 Å². The fourth-order valence-corrected chi connectivity index (χ4v) is 6.59. The topological polar surface area (TPSA) is 83.6 Å². The largest absolute Gasteiger partial charge is 0.496 e. The Morgan fingerprint density at radius 2 is 1.94 bits per heavy atom. The van der Waals surface area contributed by atoms with Crippen molar-refractivity contribution < 1.29 is 14.3 Å². The highest BCUT2D eigenvalue weighted by Crippen LogP contribution is 2.47. The molecule has 5 unspecified atom stereocenters. The van der Waals surface area contributed by atoms with Crippen molar-refractivity contribution in [2.45, 2.75) is 24.9 Å². The molecule has 0 spiro atoms. The van der Waals surface area contributed by atoms with Crippen LogP contribution >= 0.6 is 11.3 Å². The summed E-state index contributed by atoms with van der Waals surface area (Å²) in [7, 11) is 1.66. The molecule has 2 N–H and O–H groups in total. The van der Waals surface area contributed by atoms with Crippen molar-refractivity contribution in [2.24, 2.45) is 17.8 Å². The van der Waals surface area contributed by atoms with Gasteiger partial charge in [0.05, 0.1) is 29.4 Å². The Morgan fingerprint density at radius 3 is 2.78 bits per heavy atom. The minimum Gasteiger partial charge on any atom is -0.496 e. The summed E-state index contributed by atoms with van der Waals surface area (Å²) >= 11 is 1.50. The standard InChI is InChI=1S/C24H24N4O3S/c1-31-19-8-4-2-6-14(19)13-10-15-16(18(29)11-13)12-25-22-21(15)23(30)28(27-22)24-26-17-7-3-5-9-20(17)32-24/h2-9,13,15-16,21-22,25,27H,10-12H2,1H3. The van der Waals surface area contributed by atoms with Crippen LogP contribution in [-0.2, 0) is 9.59 Å². The Kier molecular flexibility index (Phi) is 4.74. The first kappa shape index (κ1) is 19.8. The maximum Gasteiger partial charge on any atom is 0.249 e. The van der Waals surface area contributed by atoms with Gasteiger partial charge in [-0.15, -0.1) is 0 Å². The number of nitrogens with zero attached hydrogens (tertiary/aromatic N) is 2. The number of fused-ring (bicyclic) bond motifs is 4. The molecule has 1 amide bonds. The summed E-state index contributed by atoms with van der Waals surface area (Å²) in [5, 5.41) is 5.65. The van der Waals surface area contributed by atoms with Crippen LogP contribution in [0.15, 0.2) is 48.5 Å². The second-order valence-corrected chi connectivity index (χ2v) is 9.80. The number of nitrogens with one attached hydrogen (secondary N) is 2. The summed E-state index contributed by atoms with van der Waals surface area (Å²) in [6.07, 6.45) is 1.09. The fraction of sp³-hybridized carbons (Fsp3) is 0.375. The molecular formula is C24H24N4O3S. The van der Waals surface area contributed by atoms with Gasteiger partial charge in [0.1, 0.15) is 11.5 Å². The van der Waals surface area contributed by atoms with Crippen LogP contribution in [0.3, 0.4) is 0 Å². The van der Waals surface area contributed by atoms with Gasteiger partial charge < -0.3 is 4.74 Å². The number of anilines is 1. The number of piperidine rings is 1. The van der Waals surface area contributed by atoms with Gasteiger partial charge in [0.15, 0.2) is 0 Å². The van der Waals surface area contributed by atoms with Crippen LogP contribution in [0.4, 0.5) is 5.13 Å². The van der Waals surface area contributed by atoms with Gasteiger partial charge in [-0.1, -0.05) is 41.7 Å². The second-order valence-electron chi connectivity index (χ2n) is 8.79. The summed E-state index contributed by atoms with van der Waals surface area (Å²) in [6.45, 7) is 0.595. The van der Waals surface area contributed by atoms with Gasteiger partial charge in [0.25, 0.3) is 0 Å². The van der Waals surface area contributed by atoms with Gasteiger partial charge >= 0.3 is 0 Å². The fourth-order valence-electron chi connectivity index (χ4n) is 5.65. The molecule has 3 fully saturated rings. The highest BCUT2D eigenvalue weighted by molar-refractivity contribution is 7.22. The van der Waals surface area contributed by atoms with Crippen molar-refractivity contribution in [1.29, 1.82) is 0 Å². The first-order chi connectivity index (χ1) is 15.6. The molecule has 1 aliphatic carbocycles. The van der Waals surface area contributed by atoms with Crippen molar-refractivity contribution in [3.63, 3.8) is 0 Å². The molecule has 0 bridgehead atoms. The number of hydrazine groups is 1. The number of carbonyl (C=O) groups is 2. The zero-order valence-corrected chi connectivity index (χ0v) is 18.5. The van der Waals surface area contributed by atoms with Gasteiger partial charge in [-0.05, 0) is 42.0 Å². The van der Waals surface area contributed by atoms with Crippen molar-refractivity contribution in [1.82, 2.24) is 15.7 Å². The Balaban J connectivity index is 1.31. The van der Waals surface area contributed by atoms with E-state index in [1.54, 1.807) is 12.1 Å². The van der Waals surface area contributed by atoms with Crippen molar-refractivity contribution in [3.05, 3.63) is 54.1 Å². The van der Waals surface area contributed by atoms with E-state index in [-0.39, 0.29) is 41.5 Å². The molecule has 0 radical (unpaired) electrons. The van der Waals surface area contributed by atoms with Crippen LogP contribution < -0.4 is 20.5 Å². The summed E-state index contributed by atoms with van der Waals surface area (Å²) in [4.78, 5) is 31.4. The lowest BCUT2D eigenvalue weighted by molar-refractivity contribution is -0.133. The molecule has 2 saturated heterocycles. The predicted molar refractivity (Wildman–Crippen MR) is 122 cm³/mol. The summed E-state index contributed by atoms with van der Waals surface area (Å²) < 4.78 is 6.61. The normalized spacial score (nSPS) is 29.8. The van der Waals surface area contributed by atoms with Gasteiger partial charge in [-0.2, -0.15) is 0 Å². The number of amides is 1. The highest BCUT2D eigenvalue weighted by Gasteiger charge is 2.54. The first-order valence-electron chi connectivity index (χ1n) is 11.0. The van der Waals surface area contributed by atoms with Gasteiger partial charge in [0.2, 0.25) is 11.0 Å². The molecule has 32 heavy (non-hydrogen) atoms. The van der Waals surface area contributed by atoms with Gasteiger partial charge in [-0.25, -0.2) is 15.4 Å². The maximum absolute atomic E-state index is 13.6. The summed E-state index contributed by atoms with van der Waals surface area (Å²) in [5.41, 5.74) is 5.26. The lowest BCUT2D eigenvalue weighted by Gasteiger charge is -2.43. The molecule has 6 rings (SSSR count). The maximum atomic E-state index is 13.6. The monoisotopic (exact) mass is 448 g/mol. The van der Waals surface area contributed by atoms with Gasteiger partial charge in [-0.3, -0.25) is 14.9 Å². The number of ether oxygens (including phenoxy) is 1. The summed E-state index contributed by atoms with van der Waals surface area (Å²) in [5.74, 6) is 0.630. The molecule has 2 aromatic carbocycles. The SMILES string of the molecule is COc1ccccc1C1CC(=O)C2CNC3NN(c4nc5ccccc5s4)C(=O)C3C2C1. The third-order valence-electron chi connectivity index (χ3n) is 7.14. The number of carbonyl (C=O) groups excluding carboxylic acids is 2. The van der Waals surface area contributed by atoms with Crippen LogP contribution in [0, 0.1) is 17.8 Å². The number of para-hydroxylation sites is 2. The van der Waals surface area contributed by atoms with Crippen molar-refractivity contribution in [3.8, 4) is 5.75 Å². The molecule has 1 saturated carbocycles. The molecule has 1 aromatic heterocycles. The number of ketones is 1. The predicted octanol–water partition coefficient (Wildman–Crippen LogP) is 3.08. The molecule has 5 atom stereocenters. The third-order valence-corrected chi connectivity index (χ3v) is 8.16. The van der Waals surface area contributed by atoms with E-state index in [4.69, 9.17) is 4.74 Å². The Labute approximate surface area is 189 Å². The molecule has 3 heterocycles. The molecule has 2 aliphatic heterocycles. The van der Waals surface area contributed by atoms with E-state index in [1.165, 1.54) is 11.3 Å². The molecule has 3 aliphatic rings. The Bertz CT molecular complexity index is 1180. The smallest absolute Gasteiger partial charge is 0.249 e. The minimum absolute atomic E-state index is 0.00951. The van der Waals surface area contributed by atoms with E-state index in [2.05, 4.69) is 15.7 Å². The molecule has 8 heteroatoms. The Morgan fingerprint density at radius 1 is 1.12 bits per heavy atom. The number of hydrogen-bond donors (Lipinski definition) is 2. The van der Waals surface area contributed by atoms with Crippen LogP contribution in [0.25, 0.3) is 10.2 Å². The average Bonchev–Trinajstić information content (AvgIpc) is 3.40. The van der Waals surface area contributed by atoms with Crippen LogP contribution in [0.2, 0.25) is 0 Å². The van der Waals surface area contributed by atoms with Crippen LogP contribution in [-0.4, -0.2) is 36.5 Å². The Hall–Kier alpha value is -2.81. The average molecular weight is 449 g/mol. The second kappa shape index (κ2) is 7.65. The number of aromatic nitrogens is 1. The number of rotatable bonds is 3. The minimum atomic E-state index is -0.304. The van der Waals surface area contributed by atoms with E-state index in [0.717, 1.165) is 28.0 Å². The van der Waals surface area contributed by atoms with Crippen molar-refractivity contribution >= 4 is 38.4 Å². The number of benzene rings is 2. The van der Waals surface area contributed by atoms with Crippen molar-refractivity contribution in [2.75, 3.05) is 18.7 Å². The molecular weight excluding hydrogens is 424 g/mol.